The summed E-state index contributed by atoms with van der Waals surface area (Å²) in [6.45, 7) is 6.12. The monoisotopic (exact) mass is 427 g/mol. The molecule has 0 aromatic heterocycles. The number of amides is 1. The summed E-state index contributed by atoms with van der Waals surface area (Å²) in [5, 5.41) is 2.65. The van der Waals surface area contributed by atoms with Crippen molar-refractivity contribution in [3.8, 4) is 11.5 Å². The van der Waals surface area contributed by atoms with Crippen molar-refractivity contribution in [1.82, 2.24) is 0 Å². The maximum absolute atomic E-state index is 12.3. The van der Waals surface area contributed by atoms with E-state index in [1.165, 1.54) is 6.92 Å². The molecule has 0 spiro atoms. The zero-order valence-corrected chi connectivity index (χ0v) is 18.2. The van der Waals surface area contributed by atoms with Gasteiger partial charge >= 0.3 is 11.9 Å². The van der Waals surface area contributed by atoms with Crippen LogP contribution in [0.2, 0.25) is 0 Å². The molecule has 0 aliphatic heterocycles. The second-order valence-electron chi connectivity index (χ2n) is 7.15. The first-order chi connectivity index (χ1) is 14.9. The molecule has 0 bridgehead atoms. The van der Waals surface area contributed by atoms with Gasteiger partial charge in [0.2, 0.25) is 5.91 Å². The first-order valence-corrected chi connectivity index (χ1v) is 10.4. The molecule has 7 heteroatoms. The van der Waals surface area contributed by atoms with Crippen LogP contribution in [0.1, 0.15) is 50.4 Å². The lowest BCUT2D eigenvalue weighted by Gasteiger charge is -2.10. The van der Waals surface area contributed by atoms with E-state index in [0.717, 1.165) is 19.3 Å². The smallest absolute Gasteiger partial charge is 0.343 e. The Hall–Kier alpha value is -3.35. The van der Waals surface area contributed by atoms with E-state index < -0.39 is 5.97 Å². The SMILES string of the molecule is CCC(C)C(=O)OCCCCOc1ccc(C(=O)Oc2ccc(NC(C)=O)cc2)cc1. The molecule has 31 heavy (non-hydrogen) atoms. The van der Waals surface area contributed by atoms with Crippen LogP contribution in [0.4, 0.5) is 5.69 Å². The van der Waals surface area contributed by atoms with Crippen LogP contribution in [0.5, 0.6) is 11.5 Å². The van der Waals surface area contributed by atoms with Gasteiger partial charge in [0.15, 0.2) is 0 Å². The van der Waals surface area contributed by atoms with Gasteiger partial charge in [0, 0.05) is 12.6 Å². The fraction of sp³-hybridized carbons (Fsp3) is 0.375. The summed E-state index contributed by atoms with van der Waals surface area (Å²) in [5.74, 6) is 0.152. The Morgan fingerprint density at radius 2 is 1.52 bits per heavy atom. The van der Waals surface area contributed by atoms with Gasteiger partial charge in [-0.3, -0.25) is 9.59 Å². The molecule has 0 fully saturated rings. The van der Waals surface area contributed by atoms with Gasteiger partial charge in [0.1, 0.15) is 11.5 Å². The van der Waals surface area contributed by atoms with Crippen molar-refractivity contribution in [2.45, 2.75) is 40.0 Å². The Bertz CT molecular complexity index is 861. The van der Waals surface area contributed by atoms with Gasteiger partial charge in [0.25, 0.3) is 0 Å². The summed E-state index contributed by atoms with van der Waals surface area (Å²) in [4.78, 5) is 34.9. The average molecular weight is 427 g/mol. The van der Waals surface area contributed by atoms with Crippen molar-refractivity contribution in [2.24, 2.45) is 5.92 Å². The number of nitrogens with one attached hydrogen (secondary N) is 1. The standard InChI is InChI=1S/C24H29NO6/c1-4-17(2)23(27)30-16-6-5-15-29-21-11-7-19(8-12-21)24(28)31-22-13-9-20(10-14-22)25-18(3)26/h7-14,17H,4-6,15-16H2,1-3H3,(H,25,26). The number of carbonyl (C=O) groups excluding carboxylic acids is 3. The van der Waals surface area contributed by atoms with Crippen LogP contribution in [0.15, 0.2) is 48.5 Å². The summed E-state index contributed by atoms with van der Waals surface area (Å²) in [6.07, 6.45) is 2.26. The number of rotatable bonds is 11. The fourth-order valence-corrected chi connectivity index (χ4v) is 2.54. The number of esters is 2. The quantitative estimate of drug-likeness (QED) is 0.320. The highest BCUT2D eigenvalue weighted by Gasteiger charge is 2.11. The largest absolute Gasteiger partial charge is 0.494 e. The van der Waals surface area contributed by atoms with E-state index in [2.05, 4.69) is 5.32 Å². The lowest BCUT2D eigenvalue weighted by Crippen LogP contribution is -2.15. The van der Waals surface area contributed by atoms with Gasteiger partial charge in [-0.25, -0.2) is 4.79 Å². The third kappa shape index (κ3) is 8.50. The van der Waals surface area contributed by atoms with Gasteiger partial charge in [-0.05, 0) is 67.8 Å². The molecule has 1 atom stereocenters. The number of anilines is 1. The first kappa shape index (κ1) is 23.9. The second kappa shape index (κ2) is 12.4. The molecule has 0 saturated heterocycles. The molecule has 1 unspecified atom stereocenters. The fourth-order valence-electron chi connectivity index (χ4n) is 2.54. The molecule has 0 saturated carbocycles. The summed E-state index contributed by atoms with van der Waals surface area (Å²) < 4.78 is 16.2. The molecule has 166 valence electrons. The van der Waals surface area contributed by atoms with Crippen LogP contribution >= 0.6 is 0 Å². The van der Waals surface area contributed by atoms with Crippen LogP contribution in [-0.4, -0.2) is 31.1 Å². The summed E-state index contributed by atoms with van der Waals surface area (Å²) >= 11 is 0. The van der Waals surface area contributed by atoms with Crippen LogP contribution in [0, 0.1) is 5.92 Å². The minimum Gasteiger partial charge on any atom is -0.494 e. The normalized spacial score (nSPS) is 11.3. The number of unbranched alkanes of at least 4 members (excludes halogenated alkanes) is 1. The van der Waals surface area contributed by atoms with Crippen LogP contribution in [0.3, 0.4) is 0 Å². The van der Waals surface area contributed by atoms with Crippen molar-refractivity contribution in [3.05, 3.63) is 54.1 Å². The van der Waals surface area contributed by atoms with Crippen LogP contribution in [-0.2, 0) is 14.3 Å². The Balaban J connectivity index is 1.71. The number of hydrogen-bond acceptors (Lipinski definition) is 6. The van der Waals surface area contributed by atoms with Gasteiger partial charge in [0.05, 0.1) is 24.7 Å². The molecule has 1 N–H and O–H groups in total. The number of hydrogen-bond donors (Lipinski definition) is 1. The van der Waals surface area contributed by atoms with Crippen molar-refractivity contribution in [1.29, 1.82) is 0 Å². The van der Waals surface area contributed by atoms with E-state index in [1.54, 1.807) is 48.5 Å². The third-order valence-corrected chi connectivity index (χ3v) is 4.54. The van der Waals surface area contributed by atoms with Crippen LogP contribution in [0.25, 0.3) is 0 Å². The number of benzene rings is 2. The first-order valence-electron chi connectivity index (χ1n) is 10.4. The van der Waals surface area contributed by atoms with E-state index in [9.17, 15) is 14.4 Å². The molecular weight excluding hydrogens is 398 g/mol. The molecular formula is C24H29NO6. The van der Waals surface area contributed by atoms with E-state index >= 15 is 0 Å². The lowest BCUT2D eigenvalue weighted by molar-refractivity contribution is -0.148. The lowest BCUT2D eigenvalue weighted by atomic mass is 10.1. The summed E-state index contributed by atoms with van der Waals surface area (Å²) in [7, 11) is 0. The molecule has 0 radical (unpaired) electrons. The molecule has 0 heterocycles. The highest BCUT2D eigenvalue weighted by Crippen LogP contribution is 2.18. The second-order valence-corrected chi connectivity index (χ2v) is 7.15. The van der Waals surface area contributed by atoms with Crippen molar-refractivity contribution >= 4 is 23.5 Å². The minimum atomic E-state index is -0.484. The summed E-state index contributed by atoms with van der Waals surface area (Å²) in [6, 6.07) is 13.2. The number of ether oxygens (including phenoxy) is 3. The summed E-state index contributed by atoms with van der Waals surface area (Å²) in [5.41, 5.74) is 1.03. The molecule has 2 aromatic carbocycles. The Morgan fingerprint density at radius 1 is 0.903 bits per heavy atom. The molecule has 2 rings (SSSR count). The minimum absolute atomic E-state index is 0.0652. The topological polar surface area (TPSA) is 90.9 Å². The van der Waals surface area contributed by atoms with Crippen molar-refractivity contribution in [3.63, 3.8) is 0 Å². The van der Waals surface area contributed by atoms with E-state index in [4.69, 9.17) is 14.2 Å². The predicted octanol–water partition coefficient (Wildman–Crippen LogP) is 4.61. The average Bonchev–Trinajstić information content (AvgIpc) is 2.76. The van der Waals surface area contributed by atoms with E-state index in [1.807, 2.05) is 13.8 Å². The Labute approximate surface area is 182 Å². The van der Waals surface area contributed by atoms with E-state index in [0.29, 0.717) is 36.0 Å². The Morgan fingerprint density at radius 3 is 2.13 bits per heavy atom. The maximum atomic E-state index is 12.3. The molecule has 1 amide bonds. The molecule has 2 aromatic rings. The third-order valence-electron chi connectivity index (χ3n) is 4.54. The van der Waals surface area contributed by atoms with Crippen molar-refractivity contribution in [2.75, 3.05) is 18.5 Å². The van der Waals surface area contributed by atoms with E-state index in [-0.39, 0.29) is 17.8 Å². The molecule has 0 aliphatic rings. The van der Waals surface area contributed by atoms with Gasteiger partial charge < -0.3 is 19.5 Å². The maximum Gasteiger partial charge on any atom is 0.343 e. The zero-order valence-electron chi connectivity index (χ0n) is 18.2. The predicted molar refractivity (Wildman–Crippen MR) is 117 cm³/mol. The zero-order chi connectivity index (χ0) is 22.6. The van der Waals surface area contributed by atoms with Gasteiger partial charge in [-0.15, -0.1) is 0 Å². The number of carbonyl (C=O) groups is 3. The molecule has 7 nitrogen and oxygen atoms in total. The molecule has 0 aliphatic carbocycles. The highest BCUT2D eigenvalue weighted by molar-refractivity contribution is 5.91. The van der Waals surface area contributed by atoms with Gasteiger partial charge in [-0.2, -0.15) is 0 Å². The van der Waals surface area contributed by atoms with Crippen molar-refractivity contribution < 1.29 is 28.6 Å². The Kier molecular flexibility index (Phi) is 9.55. The van der Waals surface area contributed by atoms with Crippen LogP contribution < -0.4 is 14.8 Å². The highest BCUT2D eigenvalue weighted by atomic mass is 16.5. The van der Waals surface area contributed by atoms with Gasteiger partial charge in [-0.1, -0.05) is 13.8 Å².